The largest absolute Gasteiger partial charge is 0.388 e. The third-order valence-corrected chi connectivity index (χ3v) is 8.23. The van der Waals surface area contributed by atoms with E-state index in [1.807, 2.05) is 11.1 Å². The van der Waals surface area contributed by atoms with Crippen LogP contribution >= 0.6 is 0 Å². The predicted octanol–water partition coefficient (Wildman–Crippen LogP) is 3.65. The molecule has 2 amide bonds. The first-order chi connectivity index (χ1) is 18.4. The van der Waals surface area contributed by atoms with Gasteiger partial charge in [0.1, 0.15) is 11.9 Å². The van der Waals surface area contributed by atoms with Crippen molar-refractivity contribution in [2.24, 2.45) is 5.92 Å². The molecule has 8 nitrogen and oxygen atoms in total. The Morgan fingerprint density at radius 2 is 1.92 bits per heavy atom. The fourth-order valence-electron chi connectivity index (χ4n) is 6.01. The number of allylic oxidation sites excluding steroid dienone is 1. The summed E-state index contributed by atoms with van der Waals surface area (Å²) in [6.45, 7) is 3.05. The Bertz CT molecular complexity index is 1190. The number of nitrogens with zero attached hydrogens (tertiary/aromatic N) is 2. The molecule has 1 aliphatic heterocycles. The van der Waals surface area contributed by atoms with E-state index in [-0.39, 0.29) is 35.6 Å². The van der Waals surface area contributed by atoms with Crippen molar-refractivity contribution in [2.45, 2.75) is 76.5 Å². The first-order valence-electron chi connectivity index (χ1n) is 13.8. The van der Waals surface area contributed by atoms with Crippen molar-refractivity contribution in [1.82, 2.24) is 25.4 Å². The number of aromatic nitrogens is 1. The van der Waals surface area contributed by atoms with Crippen LogP contribution in [0.3, 0.4) is 0 Å². The molecular weight excluding hydrogens is 483 g/mol. The molecule has 0 unspecified atom stereocenters. The molecule has 1 aliphatic carbocycles. The molecule has 0 radical (unpaired) electrons. The van der Waals surface area contributed by atoms with Gasteiger partial charge in [-0.05, 0) is 69.8 Å². The molecule has 2 aliphatic rings. The fraction of sp³-hybridized carbons (Fsp3) is 0.552. The summed E-state index contributed by atoms with van der Waals surface area (Å²) in [6, 6.07) is 3.84. The van der Waals surface area contributed by atoms with Crippen LogP contribution in [0.2, 0.25) is 0 Å². The second-order valence-electron chi connectivity index (χ2n) is 10.6. The molecule has 2 heterocycles. The first-order valence-corrected chi connectivity index (χ1v) is 13.8. The lowest BCUT2D eigenvalue weighted by Crippen LogP contribution is -2.56. The van der Waals surface area contributed by atoms with E-state index in [0.717, 1.165) is 60.7 Å². The average Bonchev–Trinajstić information content (AvgIpc) is 3.54. The van der Waals surface area contributed by atoms with Crippen molar-refractivity contribution in [3.8, 4) is 0 Å². The predicted molar refractivity (Wildman–Crippen MR) is 149 cm³/mol. The lowest BCUT2D eigenvalue weighted by molar-refractivity contribution is -0.139. The Labute approximate surface area is 224 Å². The van der Waals surface area contributed by atoms with E-state index in [4.69, 9.17) is 5.41 Å². The Morgan fingerprint density at radius 3 is 2.61 bits per heavy atom. The molecule has 1 saturated heterocycles. The standard InChI is InChI=1S/C29H41FN6O2/c1-19(32-2)28(37)34-27(20-8-5-4-6-9-20)29(38)36-15-7-10-22(36)17-35-18-24(25(33-3)13-14-31)23-16-21(30)11-12-26(23)35/h11-14,16,18-20,22,27,31-33H,4-10,15,17H2,1-3H3,(H,34,37)/b25-13-,31-14?/t19-,22-,27-/m0/s1. The van der Waals surface area contributed by atoms with Crippen molar-refractivity contribution >= 4 is 34.6 Å². The monoisotopic (exact) mass is 524 g/mol. The summed E-state index contributed by atoms with van der Waals surface area (Å²) in [5.74, 6) is -0.301. The number of amides is 2. The minimum atomic E-state index is -0.517. The molecule has 2 aromatic rings. The molecule has 2 fully saturated rings. The molecule has 1 aromatic carbocycles. The van der Waals surface area contributed by atoms with E-state index in [0.29, 0.717) is 13.1 Å². The van der Waals surface area contributed by atoms with E-state index in [1.165, 1.54) is 24.8 Å². The van der Waals surface area contributed by atoms with E-state index in [9.17, 15) is 14.0 Å². The zero-order valence-corrected chi connectivity index (χ0v) is 22.7. The van der Waals surface area contributed by atoms with Gasteiger partial charge in [-0.2, -0.15) is 0 Å². The van der Waals surface area contributed by atoms with Crippen LogP contribution in [0.1, 0.15) is 57.4 Å². The number of hydrogen-bond donors (Lipinski definition) is 4. The number of carbonyl (C=O) groups excluding carboxylic acids is 2. The van der Waals surface area contributed by atoms with E-state index in [1.54, 1.807) is 33.2 Å². The number of fused-ring (bicyclic) bond motifs is 1. The minimum Gasteiger partial charge on any atom is -0.388 e. The maximum absolute atomic E-state index is 14.2. The maximum Gasteiger partial charge on any atom is 0.245 e. The van der Waals surface area contributed by atoms with Crippen molar-refractivity contribution < 1.29 is 14.0 Å². The summed E-state index contributed by atoms with van der Waals surface area (Å²) < 4.78 is 16.3. The van der Waals surface area contributed by atoms with Crippen molar-refractivity contribution in [1.29, 1.82) is 5.41 Å². The summed E-state index contributed by atoms with van der Waals surface area (Å²) in [6.07, 6.45) is 11.9. The van der Waals surface area contributed by atoms with Gasteiger partial charge in [0.05, 0.1) is 6.04 Å². The van der Waals surface area contributed by atoms with Gasteiger partial charge in [-0.15, -0.1) is 0 Å². The molecule has 0 bridgehead atoms. The second-order valence-corrected chi connectivity index (χ2v) is 10.6. The Morgan fingerprint density at radius 1 is 1.16 bits per heavy atom. The zero-order chi connectivity index (χ0) is 27.2. The molecule has 38 heavy (non-hydrogen) atoms. The first kappa shape index (κ1) is 27.8. The van der Waals surface area contributed by atoms with Crippen LogP contribution in [-0.4, -0.2) is 66.3 Å². The number of rotatable bonds is 10. The second kappa shape index (κ2) is 12.6. The summed E-state index contributed by atoms with van der Waals surface area (Å²) in [5, 5.41) is 17.5. The summed E-state index contributed by atoms with van der Waals surface area (Å²) >= 11 is 0. The van der Waals surface area contributed by atoms with E-state index >= 15 is 0 Å². The number of benzene rings is 1. The number of likely N-dealkylation sites (N-methyl/N-ethyl adjacent to an activating group) is 1. The van der Waals surface area contributed by atoms with Gasteiger partial charge >= 0.3 is 0 Å². The van der Waals surface area contributed by atoms with Gasteiger partial charge in [0.15, 0.2) is 0 Å². The van der Waals surface area contributed by atoms with Crippen LogP contribution in [0.25, 0.3) is 16.6 Å². The molecule has 4 rings (SSSR count). The van der Waals surface area contributed by atoms with Crippen LogP contribution in [-0.2, 0) is 16.1 Å². The van der Waals surface area contributed by atoms with Crippen LogP contribution in [0.5, 0.6) is 0 Å². The Kier molecular flexibility index (Phi) is 9.20. The Balaban J connectivity index is 1.62. The lowest BCUT2D eigenvalue weighted by Gasteiger charge is -2.35. The van der Waals surface area contributed by atoms with Crippen molar-refractivity contribution in [3.63, 3.8) is 0 Å². The normalized spacial score (nSPS) is 20.4. The van der Waals surface area contributed by atoms with Crippen LogP contribution in [0.4, 0.5) is 4.39 Å². The third kappa shape index (κ3) is 5.93. The number of halogens is 1. The summed E-state index contributed by atoms with van der Waals surface area (Å²) in [4.78, 5) is 28.8. The molecular formula is C29H41FN6O2. The van der Waals surface area contributed by atoms with Crippen LogP contribution < -0.4 is 16.0 Å². The van der Waals surface area contributed by atoms with E-state index < -0.39 is 6.04 Å². The highest BCUT2D eigenvalue weighted by molar-refractivity contribution is 5.96. The summed E-state index contributed by atoms with van der Waals surface area (Å²) in [7, 11) is 3.53. The smallest absolute Gasteiger partial charge is 0.245 e. The third-order valence-electron chi connectivity index (χ3n) is 8.23. The maximum atomic E-state index is 14.2. The number of carbonyl (C=O) groups is 2. The average molecular weight is 525 g/mol. The quantitative estimate of drug-likeness (QED) is 0.356. The lowest BCUT2D eigenvalue weighted by atomic mass is 9.83. The van der Waals surface area contributed by atoms with Crippen LogP contribution in [0, 0.1) is 17.1 Å². The topological polar surface area (TPSA) is 102 Å². The van der Waals surface area contributed by atoms with Gasteiger partial charge < -0.3 is 30.8 Å². The van der Waals surface area contributed by atoms with Gasteiger partial charge in [0.2, 0.25) is 11.8 Å². The molecule has 0 spiro atoms. The van der Waals surface area contributed by atoms with Gasteiger partial charge in [-0.3, -0.25) is 9.59 Å². The Hall–Kier alpha value is -3.20. The molecule has 206 valence electrons. The number of likely N-dealkylation sites (tertiary alicyclic amines) is 1. The highest BCUT2D eigenvalue weighted by Gasteiger charge is 2.38. The number of nitrogens with one attached hydrogen (secondary N) is 4. The van der Waals surface area contributed by atoms with Crippen molar-refractivity contribution in [2.75, 3.05) is 20.6 Å². The SMILES string of the molecule is CN/C(=C\C=N)c1cn(C[C@@H]2CCCN2C(=O)[C@@H](NC(=O)[C@H](C)NC)C2CCCCC2)c2ccc(F)cc12. The van der Waals surface area contributed by atoms with Gasteiger partial charge in [0, 0.05) is 60.8 Å². The number of hydrogen-bond acceptors (Lipinski definition) is 5. The highest BCUT2D eigenvalue weighted by atomic mass is 19.1. The van der Waals surface area contributed by atoms with E-state index in [2.05, 4.69) is 20.5 Å². The molecule has 1 aromatic heterocycles. The fourth-order valence-corrected chi connectivity index (χ4v) is 6.01. The molecule has 3 atom stereocenters. The molecule has 4 N–H and O–H groups in total. The van der Waals surface area contributed by atoms with Gasteiger partial charge in [-0.1, -0.05) is 19.3 Å². The van der Waals surface area contributed by atoms with Gasteiger partial charge in [-0.25, -0.2) is 4.39 Å². The molecule has 9 heteroatoms. The van der Waals surface area contributed by atoms with Crippen molar-refractivity contribution in [3.05, 3.63) is 41.9 Å². The minimum absolute atomic E-state index is 0.0124. The summed E-state index contributed by atoms with van der Waals surface area (Å²) in [5.41, 5.74) is 2.43. The van der Waals surface area contributed by atoms with Crippen LogP contribution in [0.15, 0.2) is 30.5 Å². The highest BCUT2D eigenvalue weighted by Crippen LogP contribution is 2.32. The zero-order valence-electron chi connectivity index (χ0n) is 22.7. The van der Waals surface area contributed by atoms with Gasteiger partial charge in [0.25, 0.3) is 0 Å². The molecule has 1 saturated carbocycles.